The van der Waals surface area contributed by atoms with Crippen LogP contribution < -0.4 is 9.80 Å². The molecule has 4 aromatic rings. The highest BCUT2D eigenvalue weighted by Gasteiger charge is 2.22. The van der Waals surface area contributed by atoms with E-state index in [1.165, 1.54) is 12.1 Å². The van der Waals surface area contributed by atoms with Crippen molar-refractivity contribution in [2.24, 2.45) is 0 Å². The molecular formula is C20H18FN7. The molecule has 2 aromatic heterocycles. The fraction of sp³-hybridized carbons (Fsp3) is 0.200. The van der Waals surface area contributed by atoms with Crippen molar-refractivity contribution < 1.29 is 4.39 Å². The number of anilines is 2. The zero-order valence-electron chi connectivity index (χ0n) is 15.1. The molecule has 1 saturated heterocycles. The molecule has 7 nitrogen and oxygen atoms in total. The van der Waals surface area contributed by atoms with E-state index < -0.39 is 0 Å². The van der Waals surface area contributed by atoms with Crippen molar-refractivity contribution >= 4 is 22.5 Å². The molecule has 0 unspecified atom stereocenters. The van der Waals surface area contributed by atoms with E-state index in [4.69, 9.17) is 0 Å². The number of hydrogen-bond donors (Lipinski definition) is 0. The highest BCUT2D eigenvalue weighted by Crippen LogP contribution is 2.26. The standard InChI is InChI=1S/C20H18FN7/c21-15-6-8-16(9-7-15)26-10-12-27(13-11-26)19-18-14-22-28(20(18)24-25-23-19)17-4-2-1-3-5-17/h1-9,14H,10-13H2. The number of nitrogens with zero attached hydrogens (tertiary/aromatic N) is 7. The van der Waals surface area contributed by atoms with Crippen LogP contribution >= 0.6 is 0 Å². The van der Waals surface area contributed by atoms with E-state index >= 15 is 0 Å². The summed E-state index contributed by atoms with van der Waals surface area (Å²) in [6.07, 6.45) is 1.80. The lowest BCUT2D eigenvalue weighted by Crippen LogP contribution is -2.47. The van der Waals surface area contributed by atoms with Crippen molar-refractivity contribution in [2.75, 3.05) is 36.0 Å². The number of aromatic nitrogens is 5. The Hall–Kier alpha value is -3.55. The van der Waals surface area contributed by atoms with Gasteiger partial charge >= 0.3 is 0 Å². The number of rotatable bonds is 3. The minimum Gasteiger partial charge on any atom is -0.368 e. The first-order valence-electron chi connectivity index (χ1n) is 9.17. The van der Waals surface area contributed by atoms with Gasteiger partial charge in [-0.05, 0) is 41.6 Å². The minimum atomic E-state index is -0.215. The van der Waals surface area contributed by atoms with Crippen LogP contribution in [0.15, 0.2) is 60.8 Å². The third-order valence-electron chi connectivity index (χ3n) is 5.04. The smallest absolute Gasteiger partial charge is 0.190 e. The predicted octanol–water partition coefficient (Wildman–Crippen LogP) is 2.68. The van der Waals surface area contributed by atoms with E-state index in [9.17, 15) is 4.39 Å². The van der Waals surface area contributed by atoms with Crippen molar-refractivity contribution in [3.8, 4) is 5.69 Å². The third-order valence-corrected chi connectivity index (χ3v) is 5.04. The molecule has 0 bridgehead atoms. The van der Waals surface area contributed by atoms with Gasteiger partial charge in [-0.25, -0.2) is 9.07 Å². The summed E-state index contributed by atoms with van der Waals surface area (Å²) >= 11 is 0. The molecule has 28 heavy (non-hydrogen) atoms. The molecule has 0 radical (unpaired) electrons. The van der Waals surface area contributed by atoms with E-state index in [1.54, 1.807) is 10.9 Å². The fourth-order valence-electron chi connectivity index (χ4n) is 3.58. The van der Waals surface area contributed by atoms with Gasteiger partial charge in [0.15, 0.2) is 11.5 Å². The summed E-state index contributed by atoms with van der Waals surface area (Å²) in [5.41, 5.74) is 2.66. The maximum Gasteiger partial charge on any atom is 0.190 e. The lowest BCUT2D eigenvalue weighted by Gasteiger charge is -2.36. The molecule has 8 heteroatoms. The quantitative estimate of drug-likeness (QED) is 0.549. The topological polar surface area (TPSA) is 63.0 Å². The Balaban J connectivity index is 1.40. The molecule has 140 valence electrons. The van der Waals surface area contributed by atoms with Gasteiger partial charge in [0.2, 0.25) is 0 Å². The fourth-order valence-corrected chi connectivity index (χ4v) is 3.58. The van der Waals surface area contributed by atoms with Gasteiger partial charge in [-0.2, -0.15) is 5.10 Å². The van der Waals surface area contributed by atoms with Crippen LogP contribution in [-0.2, 0) is 0 Å². The predicted molar refractivity (Wildman–Crippen MR) is 105 cm³/mol. The van der Waals surface area contributed by atoms with Crippen LogP contribution in [0.1, 0.15) is 0 Å². The normalized spacial score (nSPS) is 14.6. The lowest BCUT2D eigenvalue weighted by atomic mass is 10.2. The number of piperazine rings is 1. The number of hydrogen-bond acceptors (Lipinski definition) is 6. The van der Waals surface area contributed by atoms with E-state index in [1.807, 2.05) is 42.5 Å². The first-order valence-corrected chi connectivity index (χ1v) is 9.17. The number of para-hydroxylation sites is 1. The van der Waals surface area contributed by atoms with Crippen LogP contribution in [0.2, 0.25) is 0 Å². The molecule has 1 fully saturated rings. The van der Waals surface area contributed by atoms with Crippen LogP contribution in [-0.4, -0.2) is 51.4 Å². The molecule has 0 N–H and O–H groups in total. The summed E-state index contributed by atoms with van der Waals surface area (Å²) in [7, 11) is 0. The average Bonchev–Trinajstić information content (AvgIpc) is 3.19. The van der Waals surface area contributed by atoms with E-state index in [-0.39, 0.29) is 5.82 Å². The summed E-state index contributed by atoms with van der Waals surface area (Å²) in [6, 6.07) is 16.5. The van der Waals surface area contributed by atoms with Gasteiger partial charge in [-0.3, -0.25) is 0 Å². The summed E-state index contributed by atoms with van der Waals surface area (Å²) in [5, 5.41) is 17.9. The Morgan fingerprint density at radius 2 is 1.46 bits per heavy atom. The molecule has 0 aliphatic carbocycles. The zero-order chi connectivity index (χ0) is 18.9. The van der Waals surface area contributed by atoms with Crippen molar-refractivity contribution in [3.63, 3.8) is 0 Å². The SMILES string of the molecule is Fc1ccc(N2CCN(c3nnnc4c3cnn4-c3ccccc3)CC2)cc1. The van der Waals surface area contributed by atoms with Crippen molar-refractivity contribution in [1.82, 2.24) is 25.2 Å². The minimum absolute atomic E-state index is 0.215. The lowest BCUT2D eigenvalue weighted by molar-refractivity contribution is 0.623. The summed E-state index contributed by atoms with van der Waals surface area (Å²) < 4.78 is 14.9. The maximum atomic E-state index is 13.2. The summed E-state index contributed by atoms with van der Waals surface area (Å²) in [6.45, 7) is 3.23. The van der Waals surface area contributed by atoms with Gasteiger partial charge in [-0.1, -0.05) is 18.2 Å². The van der Waals surface area contributed by atoms with Crippen LogP contribution in [0.4, 0.5) is 15.9 Å². The van der Waals surface area contributed by atoms with Crippen LogP contribution in [0.3, 0.4) is 0 Å². The van der Waals surface area contributed by atoms with Crippen molar-refractivity contribution in [3.05, 3.63) is 66.6 Å². The van der Waals surface area contributed by atoms with Gasteiger partial charge in [0, 0.05) is 31.9 Å². The summed E-state index contributed by atoms with van der Waals surface area (Å²) in [4.78, 5) is 4.45. The molecule has 3 heterocycles. The highest BCUT2D eigenvalue weighted by atomic mass is 19.1. The second-order valence-electron chi connectivity index (χ2n) is 6.69. The second kappa shape index (κ2) is 6.88. The van der Waals surface area contributed by atoms with Gasteiger partial charge in [0.1, 0.15) is 5.82 Å². The van der Waals surface area contributed by atoms with E-state index in [0.29, 0.717) is 5.65 Å². The number of halogens is 1. The Kier molecular flexibility index (Phi) is 4.08. The third kappa shape index (κ3) is 2.92. The second-order valence-corrected chi connectivity index (χ2v) is 6.69. The molecule has 2 aromatic carbocycles. The maximum absolute atomic E-state index is 13.2. The molecule has 0 spiro atoms. The van der Waals surface area contributed by atoms with Gasteiger partial charge in [-0.15, -0.1) is 10.2 Å². The van der Waals surface area contributed by atoms with Gasteiger partial charge in [0.05, 0.1) is 17.3 Å². The molecule has 0 saturated carbocycles. The molecule has 0 atom stereocenters. The average molecular weight is 375 g/mol. The Morgan fingerprint density at radius 3 is 2.21 bits per heavy atom. The van der Waals surface area contributed by atoms with Crippen molar-refractivity contribution in [2.45, 2.75) is 0 Å². The Bertz CT molecular complexity index is 1090. The highest BCUT2D eigenvalue weighted by molar-refractivity contribution is 5.87. The largest absolute Gasteiger partial charge is 0.368 e. The molecule has 5 rings (SSSR count). The van der Waals surface area contributed by atoms with Crippen molar-refractivity contribution in [1.29, 1.82) is 0 Å². The molecular weight excluding hydrogens is 357 g/mol. The molecule has 0 amide bonds. The zero-order valence-corrected chi connectivity index (χ0v) is 15.1. The molecule has 1 aliphatic rings. The van der Waals surface area contributed by atoms with Gasteiger partial charge < -0.3 is 9.80 Å². The van der Waals surface area contributed by atoms with Gasteiger partial charge in [0.25, 0.3) is 0 Å². The first kappa shape index (κ1) is 16.6. The van der Waals surface area contributed by atoms with Crippen LogP contribution in [0.25, 0.3) is 16.7 Å². The molecule has 1 aliphatic heterocycles. The summed E-state index contributed by atoms with van der Waals surface area (Å²) in [5.74, 6) is 0.582. The first-order chi connectivity index (χ1) is 13.8. The number of benzene rings is 2. The number of fused-ring (bicyclic) bond motifs is 1. The van der Waals surface area contributed by atoms with Crippen LogP contribution in [0.5, 0.6) is 0 Å². The van der Waals surface area contributed by atoms with Crippen LogP contribution in [0, 0.1) is 5.82 Å². The van der Waals surface area contributed by atoms with E-state index in [2.05, 4.69) is 30.3 Å². The monoisotopic (exact) mass is 375 g/mol. The van der Waals surface area contributed by atoms with E-state index in [0.717, 1.165) is 48.8 Å². The Morgan fingerprint density at radius 1 is 0.750 bits per heavy atom. The Labute approximate surface area is 161 Å².